The summed E-state index contributed by atoms with van der Waals surface area (Å²) in [5.41, 5.74) is 3.85. The molecule has 1 amide bonds. The molecule has 0 saturated carbocycles. The van der Waals surface area contributed by atoms with E-state index in [0.717, 1.165) is 26.5 Å². The Morgan fingerprint density at radius 1 is 1.07 bits per heavy atom. The average Bonchev–Trinajstić information content (AvgIpc) is 3.19. The lowest BCUT2D eigenvalue weighted by Gasteiger charge is -2.13. The van der Waals surface area contributed by atoms with Crippen LogP contribution in [0.25, 0.3) is 20.9 Å². The van der Waals surface area contributed by atoms with Gasteiger partial charge in [0.05, 0.1) is 19.8 Å². The maximum absolute atomic E-state index is 12.9. The van der Waals surface area contributed by atoms with Crippen LogP contribution in [-0.2, 0) is 0 Å². The molecule has 146 valence electrons. The second-order valence-corrected chi connectivity index (χ2v) is 7.37. The average molecular weight is 405 g/mol. The summed E-state index contributed by atoms with van der Waals surface area (Å²) in [6.07, 6.45) is 1.76. The lowest BCUT2D eigenvalue weighted by molar-refractivity contribution is 0.102. The van der Waals surface area contributed by atoms with Crippen LogP contribution in [0, 0.1) is 6.92 Å². The second-order valence-electron chi connectivity index (χ2n) is 6.40. The number of anilines is 1. The van der Waals surface area contributed by atoms with Gasteiger partial charge in [-0.15, -0.1) is 0 Å². The summed E-state index contributed by atoms with van der Waals surface area (Å²) >= 11 is 1.52. The van der Waals surface area contributed by atoms with Gasteiger partial charge in [-0.2, -0.15) is 0 Å². The number of benzene rings is 2. The van der Waals surface area contributed by atoms with Crippen molar-refractivity contribution >= 4 is 33.3 Å². The van der Waals surface area contributed by atoms with E-state index < -0.39 is 0 Å². The van der Waals surface area contributed by atoms with E-state index >= 15 is 0 Å². The number of aromatic nitrogens is 2. The Morgan fingerprint density at radius 2 is 1.93 bits per heavy atom. The van der Waals surface area contributed by atoms with Gasteiger partial charge in [-0.3, -0.25) is 4.79 Å². The van der Waals surface area contributed by atoms with Gasteiger partial charge >= 0.3 is 0 Å². The molecule has 2 aromatic carbocycles. The fraction of sp³-hybridized carbons (Fsp3) is 0.136. The zero-order valence-corrected chi connectivity index (χ0v) is 17.0. The van der Waals surface area contributed by atoms with Gasteiger partial charge in [-0.05, 0) is 48.9 Å². The third-order valence-electron chi connectivity index (χ3n) is 4.55. The highest BCUT2D eigenvalue weighted by Gasteiger charge is 2.16. The largest absolute Gasteiger partial charge is 0.497 e. The zero-order chi connectivity index (χ0) is 20.4. The number of methoxy groups -OCH3 is 2. The van der Waals surface area contributed by atoms with E-state index in [-0.39, 0.29) is 5.91 Å². The van der Waals surface area contributed by atoms with E-state index in [1.807, 2.05) is 37.3 Å². The van der Waals surface area contributed by atoms with E-state index in [1.165, 1.54) is 18.4 Å². The van der Waals surface area contributed by atoms with Gasteiger partial charge < -0.3 is 14.8 Å². The first-order valence-electron chi connectivity index (χ1n) is 8.95. The Labute approximate surface area is 172 Å². The first-order chi connectivity index (χ1) is 14.1. The van der Waals surface area contributed by atoms with Crippen LogP contribution in [0.4, 0.5) is 5.69 Å². The predicted octanol–water partition coefficient (Wildman–Crippen LogP) is 4.94. The maximum atomic E-state index is 12.9. The van der Waals surface area contributed by atoms with Crippen LogP contribution < -0.4 is 14.8 Å². The zero-order valence-electron chi connectivity index (χ0n) is 16.2. The number of fused-ring (bicyclic) bond motifs is 1. The Hall–Kier alpha value is -3.45. The summed E-state index contributed by atoms with van der Waals surface area (Å²) in [4.78, 5) is 22.8. The van der Waals surface area contributed by atoms with Crippen LogP contribution in [-0.4, -0.2) is 30.1 Å². The topological polar surface area (TPSA) is 73.3 Å². The Kier molecular flexibility index (Phi) is 5.14. The lowest BCUT2D eigenvalue weighted by atomic mass is 10.1. The van der Waals surface area contributed by atoms with Crippen molar-refractivity contribution in [1.29, 1.82) is 0 Å². The van der Waals surface area contributed by atoms with Gasteiger partial charge in [0.2, 0.25) is 0 Å². The van der Waals surface area contributed by atoms with Gasteiger partial charge in [-0.1, -0.05) is 23.5 Å². The number of rotatable bonds is 5. The minimum atomic E-state index is -0.271. The summed E-state index contributed by atoms with van der Waals surface area (Å²) in [6.45, 7) is 1.95. The van der Waals surface area contributed by atoms with Crippen molar-refractivity contribution in [3.05, 3.63) is 65.9 Å². The highest BCUT2D eigenvalue weighted by Crippen LogP contribution is 2.32. The number of hydrogen-bond acceptors (Lipinski definition) is 6. The molecular formula is C22H19N3O3S. The molecule has 1 N–H and O–H groups in total. The molecule has 0 fully saturated rings. The molecule has 0 atom stereocenters. The number of aryl methyl sites for hydroxylation is 1. The number of hydrogen-bond donors (Lipinski definition) is 1. The van der Waals surface area contributed by atoms with Crippen LogP contribution in [0.2, 0.25) is 0 Å². The smallest absolute Gasteiger partial charge is 0.259 e. The second kappa shape index (κ2) is 7.89. The first kappa shape index (κ1) is 18.9. The van der Waals surface area contributed by atoms with Crippen LogP contribution in [0.5, 0.6) is 11.5 Å². The summed E-state index contributed by atoms with van der Waals surface area (Å²) in [6, 6.07) is 14.8. The fourth-order valence-electron chi connectivity index (χ4n) is 2.96. The Bertz CT molecular complexity index is 1170. The molecule has 2 aromatic heterocycles. The summed E-state index contributed by atoms with van der Waals surface area (Å²) in [5.74, 6) is 0.796. The highest BCUT2D eigenvalue weighted by molar-refractivity contribution is 7.21. The van der Waals surface area contributed by atoms with E-state index in [9.17, 15) is 4.79 Å². The van der Waals surface area contributed by atoms with E-state index in [1.54, 1.807) is 31.5 Å². The molecule has 4 aromatic rings. The third kappa shape index (κ3) is 3.77. The normalized spacial score (nSPS) is 10.7. The quantitative estimate of drug-likeness (QED) is 0.509. The number of thiazole rings is 1. The van der Waals surface area contributed by atoms with Crippen LogP contribution in [0.3, 0.4) is 0 Å². The van der Waals surface area contributed by atoms with Gasteiger partial charge in [0.15, 0.2) is 0 Å². The number of amides is 1. The highest BCUT2D eigenvalue weighted by atomic mass is 32.1. The van der Waals surface area contributed by atoms with Crippen molar-refractivity contribution in [2.75, 3.05) is 19.5 Å². The number of nitrogens with zero attached hydrogens (tertiary/aromatic N) is 2. The number of carbonyl (C=O) groups is 1. The van der Waals surface area contributed by atoms with Crippen molar-refractivity contribution in [3.63, 3.8) is 0 Å². The molecule has 7 heteroatoms. The molecule has 2 heterocycles. The van der Waals surface area contributed by atoms with Crippen molar-refractivity contribution in [2.24, 2.45) is 0 Å². The summed E-state index contributed by atoms with van der Waals surface area (Å²) in [5, 5.41) is 3.84. The number of pyridine rings is 1. The molecule has 0 radical (unpaired) electrons. The number of ether oxygens (including phenoxy) is 2. The lowest BCUT2D eigenvalue weighted by Crippen LogP contribution is -2.14. The summed E-state index contributed by atoms with van der Waals surface area (Å²) in [7, 11) is 3.09. The summed E-state index contributed by atoms with van der Waals surface area (Å²) < 4.78 is 10.6. The molecule has 0 unspecified atom stereocenters. The van der Waals surface area contributed by atoms with E-state index in [0.29, 0.717) is 22.7 Å². The first-order valence-corrected chi connectivity index (χ1v) is 9.76. The fourth-order valence-corrected chi connectivity index (χ4v) is 3.87. The number of carbonyl (C=O) groups excluding carboxylic acids is 1. The SMILES string of the molecule is COc1ccc(OC)c(C(=O)Nc2cc(-c3nc4cccnc4s3)ccc2C)c1. The minimum Gasteiger partial charge on any atom is -0.497 e. The molecule has 0 bridgehead atoms. The van der Waals surface area contributed by atoms with Crippen LogP contribution in [0.15, 0.2) is 54.7 Å². The van der Waals surface area contributed by atoms with Gasteiger partial charge in [-0.25, -0.2) is 9.97 Å². The standard InChI is InChI=1S/C22H19N3O3S/c1-13-6-7-14(21-25-17-5-4-10-23-22(17)29-21)11-18(13)24-20(26)16-12-15(27-2)8-9-19(16)28-3/h4-12H,1-3H3,(H,24,26). The minimum absolute atomic E-state index is 0.271. The molecule has 0 aliphatic carbocycles. The van der Waals surface area contributed by atoms with Gasteiger partial charge in [0.1, 0.15) is 26.9 Å². The molecular weight excluding hydrogens is 386 g/mol. The molecule has 0 spiro atoms. The molecule has 0 saturated heterocycles. The van der Waals surface area contributed by atoms with E-state index in [4.69, 9.17) is 9.47 Å². The van der Waals surface area contributed by atoms with Crippen molar-refractivity contribution in [1.82, 2.24) is 9.97 Å². The molecule has 6 nitrogen and oxygen atoms in total. The van der Waals surface area contributed by atoms with Crippen LogP contribution >= 0.6 is 11.3 Å². The molecule has 0 aliphatic heterocycles. The number of nitrogens with one attached hydrogen (secondary N) is 1. The van der Waals surface area contributed by atoms with Crippen LogP contribution in [0.1, 0.15) is 15.9 Å². The van der Waals surface area contributed by atoms with Crippen molar-refractivity contribution in [2.45, 2.75) is 6.92 Å². The molecule has 4 rings (SSSR count). The Balaban J connectivity index is 1.67. The maximum Gasteiger partial charge on any atom is 0.259 e. The molecule has 29 heavy (non-hydrogen) atoms. The Morgan fingerprint density at radius 3 is 2.69 bits per heavy atom. The van der Waals surface area contributed by atoms with Gasteiger partial charge in [0, 0.05) is 17.4 Å². The monoisotopic (exact) mass is 405 g/mol. The van der Waals surface area contributed by atoms with Crippen molar-refractivity contribution in [3.8, 4) is 22.1 Å². The van der Waals surface area contributed by atoms with Crippen molar-refractivity contribution < 1.29 is 14.3 Å². The molecule has 0 aliphatic rings. The van der Waals surface area contributed by atoms with Gasteiger partial charge in [0.25, 0.3) is 5.91 Å². The third-order valence-corrected chi connectivity index (χ3v) is 5.58. The predicted molar refractivity (Wildman–Crippen MR) is 115 cm³/mol. The van der Waals surface area contributed by atoms with E-state index in [2.05, 4.69) is 15.3 Å².